The van der Waals surface area contributed by atoms with Gasteiger partial charge < -0.3 is 19.3 Å². The third-order valence-electron chi connectivity index (χ3n) is 2.44. The molecule has 0 saturated carbocycles. The molecule has 1 N–H and O–H groups in total. The summed E-state index contributed by atoms with van der Waals surface area (Å²) in [5, 5.41) is 29.3. The molecule has 1 rings (SSSR count). The van der Waals surface area contributed by atoms with Gasteiger partial charge in [-0.1, -0.05) is 0 Å². The van der Waals surface area contributed by atoms with Crippen molar-refractivity contribution in [1.82, 2.24) is 0 Å². The van der Waals surface area contributed by atoms with Crippen molar-refractivity contribution in [1.29, 1.82) is 5.39 Å². The molecule has 0 fully saturated rings. The van der Waals surface area contributed by atoms with Gasteiger partial charge in [0.1, 0.15) is 5.56 Å². The Balaban J connectivity index is 3.80. The Morgan fingerprint density at radius 1 is 1.35 bits per heavy atom. The van der Waals surface area contributed by atoms with Gasteiger partial charge in [0, 0.05) is 6.07 Å². The van der Waals surface area contributed by atoms with Gasteiger partial charge in [-0.25, -0.2) is 0 Å². The van der Waals surface area contributed by atoms with Crippen LogP contribution in [0.1, 0.15) is 5.56 Å². The van der Waals surface area contributed by atoms with Crippen molar-refractivity contribution in [2.24, 2.45) is 0 Å². The van der Waals surface area contributed by atoms with Crippen molar-refractivity contribution in [3.05, 3.63) is 32.9 Å². The molecule has 0 atom stereocenters. The highest BCUT2D eigenvalue weighted by atomic mass is 16.6. The number of rotatable bonds is 5. The summed E-state index contributed by atoms with van der Waals surface area (Å²) >= 11 is 0. The average molecular weight is 282 g/mol. The van der Waals surface area contributed by atoms with E-state index in [4.69, 9.17) is 19.6 Å². The molecule has 0 saturated heterocycles. The second kappa shape index (κ2) is 6.24. The van der Waals surface area contributed by atoms with Crippen LogP contribution in [-0.4, -0.2) is 31.4 Å². The molecular weight excluding hydrogens is 270 g/mol. The summed E-state index contributed by atoms with van der Waals surface area (Å²) in [6.07, 6.45) is 0.647. The van der Waals surface area contributed by atoms with E-state index >= 15 is 0 Å². The Bertz CT molecular complexity index is 605. The number of methoxy groups -OCH3 is 3. The minimum atomic E-state index is -0.752. The molecule has 0 radical (unpaired) electrons. The maximum Gasteiger partial charge on any atom is 0.392 e. The number of hydrogen-bond acceptors (Lipinski definition) is 7. The van der Waals surface area contributed by atoms with Crippen LogP contribution in [0.25, 0.3) is 10.7 Å². The van der Waals surface area contributed by atoms with Gasteiger partial charge in [-0.2, -0.15) is 0 Å². The van der Waals surface area contributed by atoms with E-state index in [9.17, 15) is 15.2 Å². The molecular formula is C11H12N3O6+. The number of nitrogens with zero attached hydrogens (tertiary/aromatic N) is 3. The molecule has 0 unspecified atom stereocenters. The molecule has 1 aromatic carbocycles. The van der Waals surface area contributed by atoms with Crippen molar-refractivity contribution in [3.63, 3.8) is 0 Å². The summed E-state index contributed by atoms with van der Waals surface area (Å²) in [5.41, 5.74) is -0.773. The van der Waals surface area contributed by atoms with Gasteiger partial charge in [0.05, 0.1) is 26.3 Å². The Morgan fingerprint density at radius 3 is 2.35 bits per heavy atom. The predicted molar refractivity (Wildman–Crippen MR) is 68.4 cm³/mol. The molecule has 0 amide bonds. The third-order valence-corrected chi connectivity index (χ3v) is 2.44. The van der Waals surface area contributed by atoms with E-state index in [2.05, 4.69) is 4.98 Å². The number of diazo groups is 1. The van der Waals surface area contributed by atoms with Crippen LogP contribution in [0.15, 0.2) is 12.3 Å². The highest BCUT2D eigenvalue weighted by Crippen LogP contribution is 2.47. The Kier molecular flexibility index (Phi) is 4.69. The zero-order valence-electron chi connectivity index (χ0n) is 11.0. The maximum atomic E-state index is 11.2. The standard InChI is InChI=1S/C11H11N3O6/c1-18-8-4-6(7(15)5-13-12)9(14(16)17)11(20-3)10(8)19-2/h4-5H,1-3H3/p+1. The SMILES string of the molecule is COc1cc(C(O)=C[N+]#N)c([N+](=O)[O-])c(OC)c1OC. The monoisotopic (exact) mass is 282 g/mol. The van der Waals surface area contributed by atoms with E-state index < -0.39 is 16.4 Å². The first-order chi connectivity index (χ1) is 9.51. The Hall–Kier alpha value is -3.02. The normalized spacial score (nSPS) is 10.6. The second-order valence-electron chi connectivity index (χ2n) is 3.43. The zero-order valence-corrected chi connectivity index (χ0v) is 11.0. The molecule has 0 aliphatic rings. The highest BCUT2D eigenvalue weighted by Gasteiger charge is 2.31. The topological polar surface area (TPSA) is 119 Å². The lowest BCUT2D eigenvalue weighted by Gasteiger charge is -2.13. The van der Waals surface area contributed by atoms with Crippen LogP contribution in [0.5, 0.6) is 17.2 Å². The largest absolute Gasteiger partial charge is 0.501 e. The van der Waals surface area contributed by atoms with Crippen LogP contribution in [0.2, 0.25) is 0 Å². The van der Waals surface area contributed by atoms with E-state index in [0.717, 1.165) is 0 Å². The fourth-order valence-electron chi connectivity index (χ4n) is 1.64. The van der Waals surface area contributed by atoms with Crippen LogP contribution in [0.3, 0.4) is 0 Å². The van der Waals surface area contributed by atoms with Crippen molar-refractivity contribution in [2.45, 2.75) is 0 Å². The smallest absolute Gasteiger partial charge is 0.392 e. The Morgan fingerprint density at radius 2 is 1.95 bits per heavy atom. The van der Waals surface area contributed by atoms with Gasteiger partial charge in [-0.3, -0.25) is 10.1 Å². The molecule has 0 aromatic heterocycles. The van der Waals surface area contributed by atoms with Crippen molar-refractivity contribution in [2.75, 3.05) is 21.3 Å². The highest BCUT2D eigenvalue weighted by molar-refractivity contribution is 5.78. The summed E-state index contributed by atoms with van der Waals surface area (Å²) in [7, 11) is 3.83. The quantitative estimate of drug-likeness (QED) is 0.381. The lowest BCUT2D eigenvalue weighted by atomic mass is 10.1. The third kappa shape index (κ3) is 2.54. The first-order valence-electron chi connectivity index (χ1n) is 5.22. The van der Waals surface area contributed by atoms with Crippen molar-refractivity contribution < 1.29 is 24.2 Å². The van der Waals surface area contributed by atoms with Gasteiger partial charge in [0.15, 0.2) is 10.7 Å². The molecule has 0 heterocycles. The molecule has 0 aliphatic heterocycles. The van der Waals surface area contributed by atoms with Crippen LogP contribution in [-0.2, 0) is 0 Å². The van der Waals surface area contributed by atoms with Gasteiger partial charge >= 0.3 is 11.9 Å². The van der Waals surface area contributed by atoms with E-state index in [1.807, 2.05) is 0 Å². The van der Waals surface area contributed by atoms with Crippen molar-refractivity contribution in [3.8, 4) is 17.2 Å². The second-order valence-corrected chi connectivity index (χ2v) is 3.43. The molecule has 0 aliphatic carbocycles. The number of hydrogen-bond donors (Lipinski definition) is 1. The van der Waals surface area contributed by atoms with Crippen LogP contribution in [0.4, 0.5) is 5.69 Å². The van der Waals surface area contributed by atoms with E-state index in [0.29, 0.717) is 6.20 Å². The molecule has 1 aromatic rings. The molecule has 9 heteroatoms. The predicted octanol–water partition coefficient (Wildman–Crippen LogP) is 2.33. The fourth-order valence-corrected chi connectivity index (χ4v) is 1.64. The van der Waals surface area contributed by atoms with Crippen LogP contribution >= 0.6 is 0 Å². The number of benzene rings is 1. The Labute approximate surface area is 113 Å². The van der Waals surface area contributed by atoms with E-state index in [1.54, 1.807) is 0 Å². The minimum Gasteiger partial charge on any atom is -0.501 e. The minimum absolute atomic E-state index is 0.0131. The molecule has 106 valence electrons. The number of aliphatic hydroxyl groups is 1. The van der Waals surface area contributed by atoms with Gasteiger partial charge in [0.2, 0.25) is 22.7 Å². The molecule has 0 spiro atoms. The van der Waals surface area contributed by atoms with Crippen LogP contribution in [0, 0.1) is 15.5 Å². The van der Waals surface area contributed by atoms with Crippen LogP contribution < -0.4 is 14.2 Å². The summed E-state index contributed by atoms with van der Waals surface area (Å²) < 4.78 is 15.0. The molecule has 20 heavy (non-hydrogen) atoms. The summed E-state index contributed by atoms with van der Waals surface area (Å²) in [4.78, 5) is 13.0. The maximum absolute atomic E-state index is 11.2. The first-order valence-corrected chi connectivity index (χ1v) is 5.22. The first kappa shape index (κ1) is 15.0. The molecule has 9 nitrogen and oxygen atoms in total. The van der Waals surface area contributed by atoms with E-state index in [-0.39, 0.29) is 22.8 Å². The van der Waals surface area contributed by atoms with Gasteiger partial charge in [0.25, 0.3) is 0 Å². The summed E-state index contributed by atoms with van der Waals surface area (Å²) in [6.45, 7) is 0. The summed E-state index contributed by atoms with van der Waals surface area (Å²) in [5.74, 6) is -0.717. The number of nitro benzene ring substituents is 1. The molecule has 0 bridgehead atoms. The lowest BCUT2D eigenvalue weighted by molar-refractivity contribution is -0.386. The number of aliphatic hydroxyl groups excluding tert-OH is 1. The number of ether oxygens (including phenoxy) is 3. The van der Waals surface area contributed by atoms with Gasteiger partial charge in [-0.15, -0.1) is 0 Å². The van der Waals surface area contributed by atoms with Gasteiger partial charge in [-0.05, 0) is 0 Å². The average Bonchev–Trinajstić information content (AvgIpc) is 2.44. The fraction of sp³-hybridized carbons (Fsp3) is 0.273. The van der Waals surface area contributed by atoms with E-state index in [1.165, 1.54) is 27.4 Å². The number of nitro groups is 1. The van der Waals surface area contributed by atoms with Crippen molar-refractivity contribution >= 4 is 11.4 Å². The zero-order chi connectivity index (χ0) is 15.3. The summed E-state index contributed by atoms with van der Waals surface area (Å²) in [6, 6.07) is 1.18. The lowest BCUT2D eigenvalue weighted by Crippen LogP contribution is -2.03.